The third kappa shape index (κ3) is 8.70. The van der Waals surface area contributed by atoms with Crippen LogP contribution < -0.4 is 24.8 Å². The Balaban J connectivity index is 1.62. The average Bonchev–Trinajstić information content (AvgIpc) is 2.92. The van der Waals surface area contributed by atoms with E-state index in [-0.39, 0.29) is 11.6 Å². The molecule has 0 aliphatic heterocycles. The first-order valence-electron chi connectivity index (χ1n) is 11.9. The lowest BCUT2D eigenvalue weighted by molar-refractivity contribution is -0.117. The molecule has 2 N–H and O–H groups in total. The summed E-state index contributed by atoms with van der Waals surface area (Å²) in [5.74, 6) is 1.18. The van der Waals surface area contributed by atoms with Gasteiger partial charge in [-0.05, 0) is 55.0 Å². The Hall–Kier alpha value is -4.30. The van der Waals surface area contributed by atoms with Crippen molar-refractivity contribution in [2.75, 3.05) is 40.6 Å². The lowest BCUT2D eigenvalue weighted by Crippen LogP contribution is -2.36. The zero-order valence-corrected chi connectivity index (χ0v) is 21.3. The molecule has 0 atom stereocenters. The fourth-order valence-corrected chi connectivity index (χ4v) is 3.30. The molecule has 0 aliphatic carbocycles. The summed E-state index contributed by atoms with van der Waals surface area (Å²) >= 11 is 0. The quantitative estimate of drug-likeness (QED) is 0.270. The number of hydrogen-bond acceptors (Lipinski definition) is 6. The molecule has 3 rings (SSSR count). The van der Waals surface area contributed by atoms with Gasteiger partial charge in [0.05, 0.1) is 13.7 Å². The van der Waals surface area contributed by atoms with E-state index in [1.807, 2.05) is 43.3 Å². The maximum absolute atomic E-state index is 12.8. The number of carbonyl (C=O) groups is 2. The maximum Gasteiger partial charge on any atom is 0.267 e. The second-order valence-corrected chi connectivity index (χ2v) is 8.04. The van der Waals surface area contributed by atoms with Gasteiger partial charge in [-0.1, -0.05) is 42.0 Å². The predicted octanol–water partition coefficient (Wildman–Crippen LogP) is 3.99. The summed E-state index contributed by atoms with van der Waals surface area (Å²) in [6.07, 6.45) is 1.61. The number of carbonyl (C=O) groups excluding carboxylic acids is 2. The van der Waals surface area contributed by atoms with Crippen molar-refractivity contribution in [1.82, 2.24) is 10.6 Å². The number of ether oxygens (including phenoxy) is 4. The Morgan fingerprint density at radius 1 is 0.811 bits per heavy atom. The Morgan fingerprint density at radius 3 is 2.16 bits per heavy atom. The molecule has 0 aliphatic rings. The second-order valence-electron chi connectivity index (χ2n) is 8.04. The Labute approximate surface area is 217 Å². The minimum absolute atomic E-state index is 0.126. The van der Waals surface area contributed by atoms with Crippen molar-refractivity contribution in [3.8, 4) is 17.2 Å². The summed E-state index contributed by atoms with van der Waals surface area (Å²) in [5, 5.41) is 5.46. The molecule has 0 radical (unpaired) electrons. The zero-order chi connectivity index (χ0) is 26.5. The van der Waals surface area contributed by atoms with Crippen LogP contribution in [-0.2, 0) is 9.53 Å². The number of para-hydroxylation sites is 2. The smallest absolute Gasteiger partial charge is 0.267 e. The van der Waals surface area contributed by atoms with Crippen LogP contribution in [0.15, 0.2) is 78.5 Å². The summed E-state index contributed by atoms with van der Waals surface area (Å²) in [4.78, 5) is 25.5. The van der Waals surface area contributed by atoms with Crippen LogP contribution in [0.1, 0.15) is 21.5 Å². The van der Waals surface area contributed by atoms with E-state index in [0.717, 1.165) is 11.1 Å². The molecule has 2 amide bonds. The van der Waals surface area contributed by atoms with E-state index < -0.39 is 5.91 Å². The molecule has 0 unspecified atom stereocenters. The number of amides is 2. The fraction of sp³-hybridized carbons (Fsp3) is 0.241. The summed E-state index contributed by atoms with van der Waals surface area (Å²) in [5.41, 5.74) is 2.35. The van der Waals surface area contributed by atoms with E-state index in [9.17, 15) is 9.59 Å². The Morgan fingerprint density at radius 2 is 1.49 bits per heavy atom. The number of benzene rings is 3. The second kappa shape index (κ2) is 14.3. The standard InChI is InChI=1S/C29H32N2O6/c1-21-8-12-23(13-9-21)28(32)31-25(29(33)30-16-17-34-2)20-22-10-14-24(15-11-22)36-18-19-37-27-7-5-4-6-26(27)35-3/h4-15,20H,16-19H2,1-3H3,(H,30,33)(H,31,32). The van der Waals surface area contributed by atoms with E-state index in [0.29, 0.717) is 49.2 Å². The van der Waals surface area contributed by atoms with Gasteiger partial charge in [0.1, 0.15) is 24.7 Å². The van der Waals surface area contributed by atoms with Crippen molar-refractivity contribution in [1.29, 1.82) is 0 Å². The molecule has 8 heteroatoms. The van der Waals surface area contributed by atoms with Gasteiger partial charge < -0.3 is 29.6 Å². The average molecular weight is 505 g/mol. The molecule has 0 spiro atoms. The van der Waals surface area contributed by atoms with E-state index in [1.165, 1.54) is 0 Å². The minimum atomic E-state index is -0.411. The van der Waals surface area contributed by atoms with E-state index in [2.05, 4.69) is 10.6 Å². The van der Waals surface area contributed by atoms with Gasteiger partial charge in [0.15, 0.2) is 11.5 Å². The first kappa shape index (κ1) is 27.3. The first-order valence-corrected chi connectivity index (χ1v) is 11.9. The van der Waals surface area contributed by atoms with Crippen molar-refractivity contribution in [2.24, 2.45) is 0 Å². The largest absolute Gasteiger partial charge is 0.493 e. The third-order valence-corrected chi connectivity index (χ3v) is 5.27. The number of rotatable bonds is 13. The molecule has 0 aromatic heterocycles. The molecule has 3 aromatic rings. The monoisotopic (exact) mass is 504 g/mol. The van der Waals surface area contributed by atoms with Crippen LogP contribution in [0.4, 0.5) is 0 Å². The molecule has 0 heterocycles. The van der Waals surface area contributed by atoms with Crippen LogP contribution in [0.3, 0.4) is 0 Å². The topological polar surface area (TPSA) is 95.1 Å². The highest BCUT2D eigenvalue weighted by Crippen LogP contribution is 2.25. The normalized spacial score (nSPS) is 10.9. The van der Waals surface area contributed by atoms with Crippen LogP contribution in [0.25, 0.3) is 6.08 Å². The summed E-state index contributed by atoms with van der Waals surface area (Å²) < 4.78 is 21.7. The van der Waals surface area contributed by atoms with Crippen LogP contribution in [0, 0.1) is 6.92 Å². The van der Waals surface area contributed by atoms with E-state index in [4.69, 9.17) is 18.9 Å². The van der Waals surface area contributed by atoms with Crippen molar-refractivity contribution in [3.63, 3.8) is 0 Å². The van der Waals surface area contributed by atoms with E-state index in [1.54, 1.807) is 56.7 Å². The lowest BCUT2D eigenvalue weighted by Gasteiger charge is -2.12. The Kier molecular flexibility index (Phi) is 10.6. The van der Waals surface area contributed by atoms with Gasteiger partial charge >= 0.3 is 0 Å². The molecule has 0 fully saturated rings. The number of nitrogens with one attached hydrogen (secondary N) is 2. The highest BCUT2D eigenvalue weighted by atomic mass is 16.5. The van der Waals surface area contributed by atoms with E-state index >= 15 is 0 Å². The van der Waals surface area contributed by atoms with Gasteiger partial charge in [-0.25, -0.2) is 0 Å². The van der Waals surface area contributed by atoms with Gasteiger partial charge in [-0.15, -0.1) is 0 Å². The minimum Gasteiger partial charge on any atom is -0.493 e. The highest BCUT2D eigenvalue weighted by molar-refractivity contribution is 6.05. The molecule has 0 bridgehead atoms. The molecule has 8 nitrogen and oxygen atoms in total. The van der Waals surface area contributed by atoms with Crippen LogP contribution in [0.2, 0.25) is 0 Å². The molecular weight excluding hydrogens is 472 g/mol. The first-order chi connectivity index (χ1) is 18.0. The SMILES string of the molecule is COCCNC(=O)C(=Cc1ccc(OCCOc2ccccc2OC)cc1)NC(=O)c1ccc(C)cc1. The van der Waals surface area contributed by atoms with Gasteiger partial charge in [-0.3, -0.25) is 9.59 Å². The number of hydrogen-bond donors (Lipinski definition) is 2. The van der Waals surface area contributed by atoms with Gasteiger partial charge in [0, 0.05) is 19.2 Å². The highest BCUT2D eigenvalue weighted by Gasteiger charge is 2.14. The molecule has 194 valence electrons. The summed E-state index contributed by atoms with van der Waals surface area (Å²) in [7, 11) is 3.15. The van der Waals surface area contributed by atoms with Crippen LogP contribution in [0.5, 0.6) is 17.2 Å². The number of aryl methyl sites for hydroxylation is 1. The van der Waals surface area contributed by atoms with Crippen molar-refractivity contribution in [2.45, 2.75) is 6.92 Å². The van der Waals surface area contributed by atoms with Gasteiger partial charge in [0.25, 0.3) is 11.8 Å². The fourth-order valence-electron chi connectivity index (χ4n) is 3.30. The van der Waals surface area contributed by atoms with Gasteiger partial charge in [0.2, 0.25) is 0 Å². The molecule has 0 saturated carbocycles. The number of methoxy groups -OCH3 is 2. The van der Waals surface area contributed by atoms with Crippen molar-refractivity contribution >= 4 is 17.9 Å². The summed E-state index contributed by atoms with van der Waals surface area (Å²) in [6.45, 7) is 3.30. The van der Waals surface area contributed by atoms with Crippen molar-refractivity contribution in [3.05, 3.63) is 95.2 Å². The molecular formula is C29H32N2O6. The molecule has 0 saturated heterocycles. The van der Waals surface area contributed by atoms with Crippen molar-refractivity contribution < 1.29 is 28.5 Å². The third-order valence-electron chi connectivity index (χ3n) is 5.27. The molecule has 3 aromatic carbocycles. The maximum atomic E-state index is 12.8. The predicted molar refractivity (Wildman–Crippen MR) is 142 cm³/mol. The molecule has 37 heavy (non-hydrogen) atoms. The Bertz CT molecular complexity index is 1190. The summed E-state index contributed by atoms with van der Waals surface area (Å²) in [6, 6.07) is 21.7. The zero-order valence-electron chi connectivity index (χ0n) is 21.3. The van der Waals surface area contributed by atoms with Crippen LogP contribution >= 0.6 is 0 Å². The lowest BCUT2D eigenvalue weighted by atomic mass is 10.1. The van der Waals surface area contributed by atoms with Crippen LogP contribution in [-0.4, -0.2) is 52.4 Å². The van der Waals surface area contributed by atoms with Gasteiger partial charge in [-0.2, -0.15) is 0 Å².